The molecular weight excluding hydrogens is 311 g/mol. The van der Waals surface area contributed by atoms with E-state index < -0.39 is 7.49 Å². The Bertz CT molecular complexity index is 679. The fourth-order valence-corrected chi connectivity index (χ4v) is 5.94. The van der Waals surface area contributed by atoms with Crippen molar-refractivity contribution in [2.24, 2.45) is 5.92 Å². The molecule has 2 aromatic rings. The van der Waals surface area contributed by atoms with E-state index >= 15 is 0 Å². The predicted molar refractivity (Wildman–Crippen MR) is 106 cm³/mol. The second-order valence-electron chi connectivity index (χ2n) is 6.75. The van der Waals surface area contributed by atoms with E-state index in [4.69, 9.17) is 0 Å². The second kappa shape index (κ2) is 7.47. The molecule has 0 saturated heterocycles. The Morgan fingerprint density at radius 3 is 2.04 bits per heavy atom. The van der Waals surface area contributed by atoms with Gasteiger partial charge in [0.1, 0.15) is 16.8 Å². The van der Waals surface area contributed by atoms with Gasteiger partial charge in [-0.3, -0.25) is 0 Å². The average Bonchev–Trinajstić information content (AvgIpc) is 2.64. The van der Waals surface area contributed by atoms with Crippen LogP contribution >= 0.6 is 7.49 Å². The van der Waals surface area contributed by atoms with Crippen molar-refractivity contribution in [2.45, 2.75) is 26.2 Å². The zero-order valence-corrected chi connectivity index (χ0v) is 15.3. The van der Waals surface area contributed by atoms with E-state index in [9.17, 15) is 4.89 Å². The summed E-state index contributed by atoms with van der Waals surface area (Å²) in [6, 6.07) is 20.3. The third-order valence-corrected chi connectivity index (χ3v) is 8.06. The standard InChI is InChI=1S/C22H26OP/c1-18-13-14-20(17-19(18)2)15-16-24(23,21-9-5-3-6-10-21)22-11-7-4-8-12-22/h3-12,15,19,23H,1,13-14,16-17H2,2H3/q+1/b20-15+/t19-/m1/s1. The zero-order valence-electron chi connectivity index (χ0n) is 14.4. The van der Waals surface area contributed by atoms with Crippen molar-refractivity contribution < 1.29 is 4.89 Å². The van der Waals surface area contributed by atoms with Gasteiger partial charge in [0.15, 0.2) is 0 Å². The summed E-state index contributed by atoms with van der Waals surface area (Å²) in [6.07, 6.45) is 6.28. The topological polar surface area (TPSA) is 20.2 Å². The molecule has 0 unspecified atom stereocenters. The van der Waals surface area contributed by atoms with Crippen molar-refractivity contribution in [2.75, 3.05) is 6.16 Å². The van der Waals surface area contributed by atoms with Gasteiger partial charge >= 0.3 is 0 Å². The highest BCUT2D eigenvalue weighted by Crippen LogP contribution is 2.52. The van der Waals surface area contributed by atoms with Crippen LogP contribution in [0.4, 0.5) is 0 Å². The van der Waals surface area contributed by atoms with E-state index in [1.54, 1.807) is 0 Å². The van der Waals surface area contributed by atoms with Crippen molar-refractivity contribution in [3.8, 4) is 0 Å². The molecule has 1 aliphatic rings. The molecule has 1 saturated carbocycles. The minimum absolute atomic E-state index is 0.560. The molecule has 0 amide bonds. The smallest absolute Gasteiger partial charge is 0.210 e. The summed E-state index contributed by atoms with van der Waals surface area (Å²) in [5, 5.41) is 2.11. The van der Waals surface area contributed by atoms with Gasteiger partial charge in [0.25, 0.3) is 0 Å². The molecule has 1 nitrogen and oxygen atoms in total. The molecule has 0 heterocycles. The lowest BCUT2D eigenvalue weighted by molar-refractivity contribution is 0.574. The lowest BCUT2D eigenvalue weighted by Crippen LogP contribution is -2.24. The lowest BCUT2D eigenvalue weighted by Gasteiger charge is -2.24. The van der Waals surface area contributed by atoms with Gasteiger partial charge in [-0.15, -0.1) is 0 Å². The Balaban J connectivity index is 1.91. The fraction of sp³-hybridized carbons (Fsp3) is 0.273. The summed E-state index contributed by atoms with van der Waals surface area (Å²) in [5.41, 5.74) is 2.84. The Morgan fingerprint density at radius 2 is 1.54 bits per heavy atom. The quantitative estimate of drug-likeness (QED) is 0.624. The van der Waals surface area contributed by atoms with Gasteiger partial charge in [-0.25, -0.2) is 4.89 Å². The Hall–Kier alpha value is -1.69. The molecule has 24 heavy (non-hydrogen) atoms. The van der Waals surface area contributed by atoms with E-state index in [-0.39, 0.29) is 0 Å². The van der Waals surface area contributed by atoms with Gasteiger partial charge < -0.3 is 0 Å². The summed E-state index contributed by atoms with van der Waals surface area (Å²) in [4.78, 5) is 11.7. The van der Waals surface area contributed by atoms with Crippen LogP contribution in [0.2, 0.25) is 0 Å². The van der Waals surface area contributed by atoms with Gasteiger partial charge in [0.05, 0.1) is 0 Å². The van der Waals surface area contributed by atoms with Crippen LogP contribution in [0, 0.1) is 5.92 Å². The Kier molecular flexibility index (Phi) is 5.33. The van der Waals surface area contributed by atoms with Crippen LogP contribution in [0.3, 0.4) is 0 Å². The number of benzene rings is 2. The normalized spacial score (nSPS) is 20.3. The largest absolute Gasteiger partial charge is 0.240 e. The van der Waals surface area contributed by atoms with Gasteiger partial charge in [-0.2, -0.15) is 0 Å². The third kappa shape index (κ3) is 3.69. The summed E-state index contributed by atoms with van der Waals surface area (Å²) in [7, 11) is -2.37. The van der Waals surface area contributed by atoms with Gasteiger partial charge in [-0.1, -0.05) is 61.0 Å². The summed E-state index contributed by atoms with van der Waals surface area (Å²) in [5.74, 6) is 0.560. The van der Waals surface area contributed by atoms with Crippen molar-refractivity contribution in [3.05, 3.63) is 84.5 Å². The molecule has 2 heteroatoms. The first-order chi connectivity index (χ1) is 11.6. The molecule has 1 atom stereocenters. The molecule has 1 N–H and O–H groups in total. The number of rotatable bonds is 4. The van der Waals surface area contributed by atoms with Gasteiger partial charge in [0.2, 0.25) is 7.49 Å². The van der Waals surface area contributed by atoms with Crippen LogP contribution in [-0.4, -0.2) is 11.1 Å². The van der Waals surface area contributed by atoms with Crippen LogP contribution in [-0.2, 0) is 0 Å². The molecule has 3 rings (SSSR count). The van der Waals surface area contributed by atoms with Crippen LogP contribution in [0.15, 0.2) is 84.5 Å². The van der Waals surface area contributed by atoms with E-state index in [0.29, 0.717) is 5.92 Å². The molecule has 0 aliphatic heterocycles. The monoisotopic (exact) mass is 337 g/mol. The first-order valence-corrected chi connectivity index (χ1v) is 10.6. The SMILES string of the molecule is C=C1CC/C(=C\C[P+](O)(c2ccccc2)c2ccccc2)C[C@H]1C. The van der Waals surface area contributed by atoms with E-state index in [0.717, 1.165) is 36.0 Å². The molecule has 2 aromatic carbocycles. The maximum atomic E-state index is 11.7. The molecule has 124 valence electrons. The van der Waals surface area contributed by atoms with E-state index in [2.05, 4.69) is 43.8 Å². The zero-order chi connectivity index (χ0) is 17.0. The van der Waals surface area contributed by atoms with Crippen molar-refractivity contribution >= 4 is 18.1 Å². The molecule has 0 aromatic heterocycles. The van der Waals surface area contributed by atoms with Crippen LogP contribution in [0.5, 0.6) is 0 Å². The molecular formula is C22H26OP+. The van der Waals surface area contributed by atoms with Gasteiger partial charge in [0, 0.05) is 0 Å². The summed E-state index contributed by atoms with van der Waals surface area (Å²) in [6.45, 7) is 6.42. The molecule has 1 fully saturated rings. The highest BCUT2D eigenvalue weighted by atomic mass is 31.2. The molecule has 0 spiro atoms. The fourth-order valence-electron chi connectivity index (χ4n) is 3.36. The van der Waals surface area contributed by atoms with Gasteiger partial charge in [-0.05, 0) is 55.5 Å². The minimum atomic E-state index is -2.37. The lowest BCUT2D eigenvalue weighted by atomic mass is 9.83. The minimum Gasteiger partial charge on any atom is -0.240 e. The first kappa shape index (κ1) is 17.1. The maximum absolute atomic E-state index is 11.7. The van der Waals surface area contributed by atoms with Crippen LogP contribution < -0.4 is 10.6 Å². The third-order valence-electron chi connectivity index (χ3n) is 5.04. The van der Waals surface area contributed by atoms with Crippen LogP contribution in [0.25, 0.3) is 0 Å². The van der Waals surface area contributed by atoms with E-state index in [1.807, 2.05) is 36.4 Å². The summed E-state index contributed by atoms with van der Waals surface area (Å²) >= 11 is 0. The predicted octanol–water partition coefficient (Wildman–Crippen LogP) is 4.86. The van der Waals surface area contributed by atoms with Crippen molar-refractivity contribution in [1.29, 1.82) is 0 Å². The highest BCUT2D eigenvalue weighted by molar-refractivity contribution is 7.84. The number of allylic oxidation sites excluding steroid dienone is 3. The van der Waals surface area contributed by atoms with Crippen molar-refractivity contribution in [1.82, 2.24) is 0 Å². The first-order valence-electron chi connectivity index (χ1n) is 8.67. The number of hydrogen-bond acceptors (Lipinski definition) is 1. The highest BCUT2D eigenvalue weighted by Gasteiger charge is 2.40. The average molecular weight is 337 g/mol. The molecule has 0 bridgehead atoms. The molecule has 1 aliphatic carbocycles. The second-order valence-corrected chi connectivity index (χ2v) is 9.69. The molecule has 0 radical (unpaired) electrons. The Labute approximate surface area is 146 Å². The summed E-state index contributed by atoms with van der Waals surface area (Å²) < 4.78 is 0. The number of hydrogen-bond donors (Lipinski definition) is 1. The van der Waals surface area contributed by atoms with Crippen molar-refractivity contribution in [3.63, 3.8) is 0 Å². The maximum Gasteiger partial charge on any atom is 0.210 e. The van der Waals surface area contributed by atoms with E-state index in [1.165, 1.54) is 11.1 Å². The van der Waals surface area contributed by atoms with Crippen LogP contribution in [0.1, 0.15) is 26.2 Å². The Morgan fingerprint density at radius 1 is 1.00 bits per heavy atom.